The standard InChI is InChI=1S/C36H50N8S.C2H2O4/c1-41-18-22-43(23-19-41)16-3-14-37-27-29-5-9-31(10-6-29)34-35-33(13-26-45-35)39-36(40-34)32-11-7-30(8-12-32)28-38-15-4-17-44-24-20-42(2)21-25-44;3-1(4)2(5)6/h5-13,26,37-38H,3-4,14-25,27-28H2,1-2H3;(H,3,4)(H,5,6). The molecule has 4 N–H and O–H groups in total. The lowest BCUT2D eigenvalue weighted by Crippen LogP contribution is -2.45. The van der Waals surface area contributed by atoms with E-state index in [4.69, 9.17) is 29.8 Å². The van der Waals surface area contributed by atoms with Crippen molar-refractivity contribution >= 4 is 33.5 Å². The van der Waals surface area contributed by atoms with Crippen molar-refractivity contribution in [3.8, 4) is 22.6 Å². The van der Waals surface area contributed by atoms with Crippen LogP contribution in [-0.4, -0.2) is 144 Å². The molecule has 6 rings (SSSR count). The molecular formula is C38H52N8O4S. The first-order valence-corrected chi connectivity index (χ1v) is 18.8. The van der Waals surface area contributed by atoms with Crippen molar-refractivity contribution in [2.75, 3.05) is 92.6 Å². The van der Waals surface area contributed by atoms with Gasteiger partial charge in [-0.2, -0.15) is 0 Å². The highest BCUT2D eigenvalue weighted by Crippen LogP contribution is 2.32. The Bertz CT molecular complexity index is 1660. The molecule has 0 unspecified atom stereocenters. The first-order chi connectivity index (χ1) is 24.7. The summed E-state index contributed by atoms with van der Waals surface area (Å²) in [6.07, 6.45) is 2.38. The minimum Gasteiger partial charge on any atom is -0.473 e. The SMILES string of the molecule is CN1CCN(CCCNCc2ccc(-c3nc(-c4ccc(CNCCCN5CCN(C)CC5)cc4)c4sccc4n3)cc2)CC1.O=C(O)C(=O)O. The molecule has 4 heterocycles. The predicted molar refractivity (Wildman–Crippen MR) is 204 cm³/mol. The second-order valence-electron chi connectivity index (χ2n) is 13.4. The van der Waals surface area contributed by atoms with Crippen molar-refractivity contribution in [2.45, 2.75) is 25.9 Å². The molecule has 2 aromatic heterocycles. The predicted octanol–water partition coefficient (Wildman–Crippen LogP) is 3.64. The summed E-state index contributed by atoms with van der Waals surface area (Å²) < 4.78 is 1.14. The number of fused-ring (bicyclic) bond motifs is 1. The average Bonchev–Trinajstić information content (AvgIpc) is 3.62. The molecule has 2 aliphatic rings. The maximum atomic E-state index is 9.10. The molecule has 0 radical (unpaired) electrons. The molecule has 0 bridgehead atoms. The van der Waals surface area contributed by atoms with Crippen LogP contribution in [0.15, 0.2) is 60.0 Å². The Labute approximate surface area is 305 Å². The number of aliphatic carboxylic acids is 2. The van der Waals surface area contributed by atoms with Crippen LogP contribution in [0.3, 0.4) is 0 Å². The minimum absolute atomic E-state index is 0.786. The molecule has 0 amide bonds. The molecule has 51 heavy (non-hydrogen) atoms. The largest absolute Gasteiger partial charge is 0.473 e. The van der Waals surface area contributed by atoms with Crippen LogP contribution in [0.1, 0.15) is 24.0 Å². The summed E-state index contributed by atoms with van der Waals surface area (Å²) in [5, 5.41) is 24.2. The Morgan fingerprint density at radius 3 is 1.61 bits per heavy atom. The fourth-order valence-electron chi connectivity index (χ4n) is 6.20. The third-order valence-corrected chi connectivity index (χ3v) is 10.3. The molecule has 2 aliphatic heterocycles. The van der Waals surface area contributed by atoms with E-state index in [2.05, 4.69) is 104 Å². The third-order valence-electron chi connectivity index (χ3n) is 9.43. The number of hydrogen-bond acceptors (Lipinski definition) is 11. The maximum absolute atomic E-state index is 9.10. The molecule has 2 saturated heterocycles. The highest BCUT2D eigenvalue weighted by atomic mass is 32.1. The number of nitrogens with zero attached hydrogens (tertiary/aromatic N) is 6. The zero-order valence-corrected chi connectivity index (χ0v) is 30.7. The molecule has 2 aromatic carbocycles. The molecule has 0 aliphatic carbocycles. The van der Waals surface area contributed by atoms with E-state index in [0.29, 0.717) is 0 Å². The van der Waals surface area contributed by atoms with E-state index in [1.807, 2.05) is 0 Å². The van der Waals surface area contributed by atoms with E-state index in [-0.39, 0.29) is 0 Å². The van der Waals surface area contributed by atoms with E-state index in [0.717, 1.165) is 59.0 Å². The van der Waals surface area contributed by atoms with Crippen molar-refractivity contribution in [2.24, 2.45) is 0 Å². The van der Waals surface area contributed by atoms with Gasteiger partial charge in [0.1, 0.15) is 0 Å². The van der Waals surface area contributed by atoms with Crippen molar-refractivity contribution in [1.82, 2.24) is 40.2 Å². The highest BCUT2D eigenvalue weighted by molar-refractivity contribution is 7.17. The second-order valence-corrected chi connectivity index (χ2v) is 14.3. The number of carboxylic acids is 2. The van der Waals surface area contributed by atoms with Gasteiger partial charge in [-0.1, -0.05) is 48.5 Å². The summed E-state index contributed by atoms with van der Waals surface area (Å²) in [6.45, 7) is 15.8. The number of carboxylic acid groups (broad SMARTS) is 2. The quantitative estimate of drug-likeness (QED) is 0.112. The van der Waals surface area contributed by atoms with Crippen molar-refractivity contribution in [3.05, 3.63) is 71.1 Å². The van der Waals surface area contributed by atoms with Crippen molar-refractivity contribution in [1.29, 1.82) is 0 Å². The molecule has 0 spiro atoms. The van der Waals surface area contributed by atoms with Crippen LogP contribution >= 0.6 is 11.3 Å². The first kappa shape index (κ1) is 38.4. The number of benzene rings is 2. The fourth-order valence-corrected chi connectivity index (χ4v) is 7.05. The number of likely N-dealkylation sites (N-methyl/N-ethyl adjacent to an activating group) is 2. The molecule has 0 atom stereocenters. The topological polar surface area (TPSA) is 137 Å². The van der Waals surface area contributed by atoms with Crippen LogP contribution in [0.2, 0.25) is 0 Å². The Hall–Kier alpha value is -3.82. The van der Waals surface area contributed by atoms with E-state index in [9.17, 15) is 0 Å². The van der Waals surface area contributed by atoms with E-state index < -0.39 is 11.9 Å². The Kier molecular flexibility index (Phi) is 14.8. The number of carbonyl (C=O) groups is 2. The number of nitrogens with one attached hydrogen (secondary N) is 2. The van der Waals surface area contributed by atoms with Gasteiger partial charge in [0, 0.05) is 76.6 Å². The smallest absolute Gasteiger partial charge is 0.414 e. The second kappa shape index (κ2) is 19.7. The summed E-state index contributed by atoms with van der Waals surface area (Å²) >= 11 is 1.72. The molecule has 13 heteroatoms. The monoisotopic (exact) mass is 716 g/mol. The van der Waals surface area contributed by atoms with Crippen LogP contribution in [0.25, 0.3) is 32.9 Å². The zero-order valence-electron chi connectivity index (χ0n) is 29.9. The van der Waals surface area contributed by atoms with Gasteiger partial charge in [-0.05, 0) is 75.7 Å². The van der Waals surface area contributed by atoms with Gasteiger partial charge in [0.25, 0.3) is 0 Å². The summed E-state index contributed by atoms with van der Waals surface area (Å²) in [5.74, 6) is -2.86. The number of piperazine rings is 2. The Morgan fingerprint density at radius 2 is 1.14 bits per heavy atom. The van der Waals surface area contributed by atoms with Crippen LogP contribution < -0.4 is 10.6 Å². The van der Waals surface area contributed by atoms with Gasteiger partial charge in [0.2, 0.25) is 0 Å². The van der Waals surface area contributed by atoms with Gasteiger partial charge in [-0.25, -0.2) is 19.6 Å². The number of hydrogen-bond donors (Lipinski definition) is 4. The Morgan fingerprint density at radius 1 is 0.667 bits per heavy atom. The van der Waals surface area contributed by atoms with Gasteiger partial charge in [0.05, 0.1) is 15.9 Å². The minimum atomic E-state index is -1.82. The number of aromatic nitrogens is 2. The van der Waals surface area contributed by atoms with Gasteiger partial charge in [-0.15, -0.1) is 11.3 Å². The van der Waals surface area contributed by atoms with Crippen LogP contribution in [0.4, 0.5) is 0 Å². The van der Waals surface area contributed by atoms with Crippen molar-refractivity contribution < 1.29 is 19.8 Å². The molecule has 12 nitrogen and oxygen atoms in total. The van der Waals surface area contributed by atoms with E-state index in [1.165, 1.54) is 89.4 Å². The molecule has 274 valence electrons. The van der Waals surface area contributed by atoms with E-state index >= 15 is 0 Å². The summed E-state index contributed by atoms with van der Waals surface area (Å²) in [6, 6.07) is 19.7. The summed E-state index contributed by atoms with van der Waals surface area (Å²) in [7, 11) is 4.43. The maximum Gasteiger partial charge on any atom is 0.414 e. The lowest BCUT2D eigenvalue weighted by molar-refractivity contribution is -0.159. The van der Waals surface area contributed by atoms with Crippen molar-refractivity contribution in [3.63, 3.8) is 0 Å². The number of thiophene rings is 1. The fraction of sp³-hybridized carbons (Fsp3) is 0.474. The molecule has 2 fully saturated rings. The number of rotatable bonds is 14. The molecule has 4 aromatic rings. The molecule has 0 saturated carbocycles. The van der Waals surface area contributed by atoms with Crippen LogP contribution in [0, 0.1) is 0 Å². The summed E-state index contributed by atoms with van der Waals surface area (Å²) in [4.78, 5) is 38.2. The van der Waals surface area contributed by atoms with Gasteiger partial charge >= 0.3 is 11.9 Å². The van der Waals surface area contributed by atoms with Gasteiger partial charge < -0.3 is 40.4 Å². The Balaban J connectivity index is 0.000000774. The van der Waals surface area contributed by atoms with Crippen LogP contribution in [-0.2, 0) is 22.7 Å². The molecular weight excluding hydrogens is 665 g/mol. The van der Waals surface area contributed by atoms with Gasteiger partial charge in [0.15, 0.2) is 5.82 Å². The summed E-state index contributed by atoms with van der Waals surface area (Å²) in [5.41, 5.74) is 6.82. The lowest BCUT2D eigenvalue weighted by Gasteiger charge is -2.32. The lowest BCUT2D eigenvalue weighted by atomic mass is 10.1. The normalized spacial score (nSPS) is 16.2. The zero-order chi connectivity index (χ0) is 36.0. The van der Waals surface area contributed by atoms with Gasteiger partial charge in [-0.3, -0.25) is 0 Å². The third kappa shape index (κ3) is 12.1. The average molecular weight is 717 g/mol. The van der Waals surface area contributed by atoms with Crippen LogP contribution in [0.5, 0.6) is 0 Å². The first-order valence-electron chi connectivity index (χ1n) is 17.9. The highest BCUT2D eigenvalue weighted by Gasteiger charge is 2.15. The van der Waals surface area contributed by atoms with E-state index in [1.54, 1.807) is 11.3 Å².